The molecular weight excluding hydrogens is 346 g/mol. The number of carboxylic acids is 1. The summed E-state index contributed by atoms with van der Waals surface area (Å²) in [5, 5.41) is 11.3. The number of hydrogen-bond acceptors (Lipinski definition) is 6. The second kappa shape index (κ2) is 11.5. The molecule has 0 aromatic heterocycles. The summed E-state index contributed by atoms with van der Waals surface area (Å²) >= 11 is 0. The van der Waals surface area contributed by atoms with Gasteiger partial charge in [-0.05, 0) is 12.8 Å². The van der Waals surface area contributed by atoms with E-state index in [1.54, 1.807) is 0 Å². The minimum absolute atomic E-state index is 0.0238. The van der Waals surface area contributed by atoms with Crippen molar-refractivity contribution in [1.29, 1.82) is 0 Å². The SMILES string of the molecule is CN(C(=O)C[C@@H](N)CCCN=C(N)N)C(CN=C(N)NC(N)=O)C(=O)O. The molecule has 1 unspecified atom stereocenters. The maximum atomic E-state index is 12.2. The van der Waals surface area contributed by atoms with Gasteiger partial charge in [0.05, 0.1) is 6.54 Å². The first-order valence-electron chi connectivity index (χ1n) is 7.70. The van der Waals surface area contributed by atoms with Gasteiger partial charge < -0.3 is 38.7 Å². The lowest BCUT2D eigenvalue weighted by Crippen LogP contribution is -2.47. The predicted octanol–water partition coefficient (Wildman–Crippen LogP) is -3.35. The number of likely N-dealkylation sites (N-methyl/N-ethyl adjacent to an activating group) is 1. The summed E-state index contributed by atoms with van der Waals surface area (Å²) in [6.45, 7) is 0.0298. The average Bonchev–Trinajstić information content (AvgIpc) is 2.50. The number of carbonyl (C=O) groups excluding carboxylic acids is 2. The van der Waals surface area contributed by atoms with Gasteiger partial charge in [-0.1, -0.05) is 0 Å². The average molecular weight is 373 g/mol. The lowest BCUT2D eigenvalue weighted by molar-refractivity contribution is -0.148. The number of carbonyl (C=O) groups is 3. The first-order valence-corrected chi connectivity index (χ1v) is 7.70. The zero-order valence-corrected chi connectivity index (χ0v) is 14.6. The molecule has 0 fully saturated rings. The van der Waals surface area contributed by atoms with E-state index in [1.807, 2.05) is 5.32 Å². The van der Waals surface area contributed by atoms with Crippen LogP contribution in [-0.4, -0.2) is 72.1 Å². The molecule has 0 aliphatic heterocycles. The number of aliphatic carboxylic acids is 1. The standard InChI is InChI=1S/C13H27N9O4/c1-22(8(10(24)25)6-20-12(17)21-13(18)26)9(23)5-7(14)3-2-4-19-11(15)16/h7-8H,2-6,14H2,1H3,(H,24,25)(H4,15,16,19)(H5,17,18,20,21,26)/t7-,8?/m0/s1. The molecule has 0 spiro atoms. The number of carboxylic acid groups (broad SMARTS) is 1. The van der Waals surface area contributed by atoms with E-state index in [1.165, 1.54) is 7.05 Å². The molecule has 3 amide bonds. The van der Waals surface area contributed by atoms with Crippen molar-refractivity contribution in [3.05, 3.63) is 0 Å². The van der Waals surface area contributed by atoms with Gasteiger partial charge in [0.2, 0.25) is 5.91 Å². The Morgan fingerprint density at radius 3 is 2.27 bits per heavy atom. The van der Waals surface area contributed by atoms with Gasteiger partial charge in [0, 0.05) is 26.1 Å². The molecule has 148 valence electrons. The molecule has 0 aromatic rings. The van der Waals surface area contributed by atoms with E-state index in [2.05, 4.69) is 9.98 Å². The quantitative estimate of drug-likeness (QED) is 0.115. The molecule has 13 heteroatoms. The Morgan fingerprint density at radius 1 is 1.15 bits per heavy atom. The van der Waals surface area contributed by atoms with Crippen molar-refractivity contribution in [2.75, 3.05) is 20.1 Å². The van der Waals surface area contributed by atoms with Crippen molar-refractivity contribution >= 4 is 29.8 Å². The van der Waals surface area contributed by atoms with Crippen LogP contribution in [0, 0.1) is 0 Å². The number of nitrogens with zero attached hydrogens (tertiary/aromatic N) is 3. The molecule has 0 saturated carbocycles. The van der Waals surface area contributed by atoms with Crippen LogP contribution in [-0.2, 0) is 9.59 Å². The van der Waals surface area contributed by atoms with Gasteiger partial charge in [0.1, 0.15) is 6.04 Å². The fourth-order valence-corrected chi connectivity index (χ4v) is 1.92. The maximum Gasteiger partial charge on any atom is 0.328 e. The number of aliphatic imine (C=N–C) groups is 2. The largest absolute Gasteiger partial charge is 0.480 e. The molecule has 26 heavy (non-hydrogen) atoms. The number of amides is 3. The molecule has 0 rings (SSSR count). The zero-order valence-electron chi connectivity index (χ0n) is 14.6. The first-order chi connectivity index (χ1) is 12.0. The van der Waals surface area contributed by atoms with Crippen LogP contribution in [0.4, 0.5) is 4.79 Å². The van der Waals surface area contributed by atoms with Crippen LogP contribution < -0.4 is 34.0 Å². The Bertz CT molecular complexity index is 560. The van der Waals surface area contributed by atoms with E-state index >= 15 is 0 Å². The van der Waals surface area contributed by atoms with Crippen molar-refractivity contribution in [2.45, 2.75) is 31.3 Å². The lowest BCUT2D eigenvalue weighted by Gasteiger charge is -2.25. The molecule has 0 aliphatic carbocycles. The molecule has 0 aliphatic rings. The number of nitrogens with two attached hydrogens (primary N) is 5. The molecule has 12 N–H and O–H groups in total. The van der Waals surface area contributed by atoms with Gasteiger partial charge in [-0.3, -0.25) is 20.1 Å². The van der Waals surface area contributed by atoms with Crippen molar-refractivity contribution < 1.29 is 19.5 Å². The van der Waals surface area contributed by atoms with Crippen molar-refractivity contribution in [1.82, 2.24) is 10.2 Å². The third kappa shape index (κ3) is 9.92. The monoisotopic (exact) mass is 373 g/mol. The fourth-order valence-electron chi connectivity index (χ4n) is 1.92. The Labute approximate surface area is 150 Å². The number of hydrogen-bond donors (Lipinski definition) is 7. The molecule has 0 saturated heterocycles. The highest BCUT2D eigenvalue weighted by atomic mass is 16.4. The highest BCUT2D eigenvalue weighted by Crippen LogP contribution is 2.06. The minimum Gasteiger partial charge on any atom is -0.480 e. The Kier molecular flexibility index (Phi) is 10.1. The van der Waals surface area contributed by atoms with Crippen molar-refractivity contribution in [2.24, 2.45) is 38.7 Å². The zero-order chi connectivity index (χ0) is 20.3. The number of primary amides is 1. The third-order valence-electron chi connectivity index (χ3n) is 3.30. The molecule has 2 atom stereocenters. The Morgan fingerprint density at radius 2 is 1.77 bits per heavy atom. The summed E-state index contributed by atoms with van der Waals surface area (Å²) in [5.74, 6) is -2.12. The Balaban J connectivity index is 4.64. The predicted molar refractivity (Wildman–Crippen MR) is 95.9 cm³/mol. The van der Waals surface area contributed by atoms with Gasteiger partial charge in [-0.15, -0.1) is 0 Å². The summed E-state index contributed by atoms with van der Waals surface area (Å²) in [6.07, 6.45) is 1.01. The maximum absolute atomic E-state index is 12.2. The van der Waals surface area contributed by atoms with Crippen LogP contribution in [0.25, 0.3) is 0 Å². The number of rotatable bonds is 10. The van der Waals surface area contributed by atoms with E-state index in [0.29, 0.717) is 19.4 Å². The van der Waals surface area contributed by atoms with Crippen LogP contribution in [0.5, 0.6) is 0 Å². The summed E-state index contributed by atoms with van der Waals surface area (Å²) in [7, 11) is 1.32. The van der Waals surface area contributed by atoms with Crippen molar-refractivity contribution in [3.63, 3.8) is 0 Å². The van der Waals surface area contributed by atoms with Crippen LogP contribution in [0.2, 0.25) is 0 Å². The van der Waals surface area contributed by atoms with Crippen LogP contribution in [0.1, 0.15) is 19.3 Å². The molecule has 13 nitrogen and oxygen atoms in total. The topological polar surface area (TPSA) is 242 Å². The minimum atomic E-state index is -1.28. The Hall–Kier alpha value is -3.09. The fraction of sp³-hybridized carbons (Fsp3) is 0.615. The molecule has 0 radical (unpaired) electrons. The number of nitrogens with one attached hydrogen (secondary N) is 1. The summed E-state index contributed by atoms with van der Waals surface area (Å²) in [4.78, 5) is 42.7. The summed E-state index contributed by atoms with van der Waals surface area (Å²) in [5.41, 5.74) is 26.5. The van der Waals surface area contributed by atoms with Gasteiger partial charge in [-0.25, -0.2) is 9.59 Å². The number of guanidine groups is 2. The van der Waals surface area contributed by atoms with Gasteiger partial charge >= 0.3 is 12.0 Å². The van der Waals surface area contributed by atoms with Crippen molar-refractivity contribution in [3.8, 4) is 0 Å². The van der Waals surface area contributed by atoms with Crippen LogP contribution in [0.3, 0.4) is 0 Å². The second-order valence-corrected chi connectivity index (χ2v) is 5.49. The van der Waals surface area contributed by atoms with E-state index in [0.717, 1.165) is 4.90 Å². The normalized spacial score (nSPS) is 13.4. The van der Waals surface area contributed by atoms with Gasteiger partial charge in [-0.2, -0.15) is 0 Å². The second-order valence-electron chi connectivity index (χ2n) is 5.49. The van der Waals surface area contributed by atoms with Gasteiger partial charge in [0.25, 0.3) is 0 Å². The number of urea groups is 1. The van der Waals surface area contributed by atoms with Crippen LogP contribution >= 0.6 is 0 Å². The smallest absolute Gasteiger partial charge is 0.328 e. The summed E-state index contributed by atoms with van der Waals surface area (Å²) < 4.78 is 0. The van der Waals surface area contributed by atoms with E-state index in [4.69, 9.17) is 28.7 Å². The van der Waals surface area contributed by atoms with Gasteiger partial charge in [0.15, 0.2) is 11.9 Å². The highest BCUT2D eigenvalue weighted by molar-refractivity contribution is 5.94. The van der Waals surface area contributed by atoms with E-state index in [9.17, 15) is 19.5 Å². The first kappa shape index (κ1) is 22.9. The summed E-state index contributed by atoms with van der Waals surface area (Å²) in [6, 6.07) is -2.68. The molecule has 0 aromatic carbocycles. The van der Waals surface area contributed by atoms with E-state index in [-0.39, 0.29) is 24.9 Å². The molecule has 0 bridgehead atoms. The van der Waals surface area contributed by atoms with Crippen LogP contribution in [0.15, 0.2) is 9.98 Å². The molecule has 0 heterocycles. The highest BCUT2D eigenvalue weighted by Gasteiger charge is 2.27. The lowest BCUT2D eigenvalue weighted by atomic mass is 10.1. The third-order valence-corrected chi connectivity index (χ3v) is 3.30. The van der Waals surface area contributed by atoms with E-state index < -0.39 is 30.0 Å². The molecular formula is C13H27N9O4.